The fourth-order valence-electron chi connectivity index (χ4n) is 3.33. The number of benzene rings is 2. The summed E-state index contributed by atoms with van der Waals surface area (Å²) >= 11 is 1.36. The van der Waals surface area contributed by atoms with Crippen LogP contribution in [0.2, 0.25) is 0 Å². The minimum atomic E-state index is -0.281. The number of hydrogen-bond acceptors (Lipinski definition) is 7. The molecule has 0 aliphatic carbocycles. The number of nitrogens with zero attached hydrogens (tertiary/aromatic N) is 2. The number of aromatic nitrogens is 2. The topological polar surface area (TPSA) is 82.6 Å². The second-order valence-electron chi connectivity index (χ2n) is 7.44. The molecule has 0 saturated carbocycles. The summed E-state index contributed by atoms with van der Waals surface area (Å²) in [4.78, 5) is 21.6. The summed E-state index contributed by atoms with van der Waals surface area (Å²) in [5.41, 5.74) is 4.12. The summed E-state index contributed by atoms with van der Waals surface area (Å²) in [6.45, 7) is 4.69. The average Bonchev–Trinajstić information content (AvgIpc) is 3.32. The van der Waals surface area contributed by atoms with Crippen molar-refractivity contribution in [2.24, 2.45) is 0 Å². The fourth-order valence-corrected chi connectivity index (χ4v) is 4.03. The van der Waals surface area contributed by atoms with Crippen LogP contribution in [0.5, 0.6) is 17.2 Å². The zero-order chi connectivity index (χ0) is 23.9. The number of rotatable bonds is 9. The van der Waals surface area contributed by atoms with Gasteiger partial charge in [-0.25, -0.2) is 4.98 Å². The summed E-state index contributed by atoms with van der Waals surface area (Å²) in [7, 11) is 1.63. The van der Waals surface area contributed by atoms with Crippen LogP contribution >= 0.6 is 11.3 Å². The van der Waals surface area contributed by atoms with E-state index in [1.165, 1.54) is 11.3 Å². The Morgan fingerprint density at radius 3 is 2.68 bits per heavy atom. The molecule has 0 aliphatic heterocycles. The Kier molecular flexibility index (Phi) is 7.39. The highest BCUT2D eigenvalue weighted by atomic mass is 32.1. The van der Waals surface area contributed by atoms with E-state index in [0.717, 1.165) is 28.1 Å². The quantitative estimate of drug-likeness (QED) is 0.332. The molecule has 0 aliphatic rings. The first-order valence-corrected chi connectivity index (χ1v) is 11.7. The first-order chi connectivity index (χ1) is 16.6. The fraction of sp³-hybridized carbons (Fsp3) is 0.192. The van der Waals surface area contributed by atoms with E-state index in [9.17, 15) is 4.79 Å². The van der Waals surface area contributed by atoms with Crippen LogP contribution in [-0.2, 0) is 6.61 Å². The number of amides is 1. The number of carbonyl (C=O) groups is 1. The van der Waals surface area contributed by atoms with E-state index < -0.39 is 0 Å². The molecule has 0 bridgehead atoms. The Bertz CT molecular complexity index is 1270. The van der Waals surface area contributed by atoms with Gasteiger partial charge in [0, 0.05) is 34.5 Å². The Morgan fingerprint density at radius 1 is 1.06 bits per heavy atom. The highest BCUT2D eigenvalue weighted by molar-refractivity contribution is 7.14. The second-order valence-corrected chi connectivity index (χ2v) is 8.30. The molecule has 2 aromatic carbocycles. The normalized spacial score (nSPS) is 10.6. The van der Waals surface area contributed by atoms with Crippen molar-refractivity contribution >= 4 is 22.4 Å². The summed E-state index contributed by atoms with van der Waals surface area (Å²) in [6, 6.07) is 14.8. The van der Waals surface area contributed by atoms with Crippen LogP contribution in [0.4, 0.5) is 5.13 Å². The van der Waals surface area contributed by atoms with Crippen LogP contribution in [0.1, 0.15) is 28.4 Å². The number of thiazole rings is 1. The van der Waals surface area contributed by atoms with Gasteiger partial charge in [-0.15, -0.1) is 11.3 Å². The highest BCUT2D eigenvalue weighted by Gasteiger charge is 2.15. The molecule has 0 fully saturated rings. The monoisotopic (exact) mass is 475 g/mol. The van der Waals surface area contributed by atoms with E-state index in [2.05, 4.69) is 15.3 Å². The minimum absolute atomic E-state index is 0.281. The van der Waals surface area contributed by atoms with Gasteiger partial charge in [0.05, 0.1) is 19.4 Å². The average molecular weight is 476 g/mol. The zero-order valence-electron chi connectivity index (χ0n) is 19.2. The van der Waals surface area contributed by atoms with Crippen LogP contribution in [0, 0.1) is 6.92 Å². The minimum Gasteiger partial charge on any atom is -0.496 e. The third kappa shape index (κ3) is 5.52. The number of carbonyl (C=O) groups excluding carboxylic acids is 1. The number of hydrogen-bond donors (Lipinski definition) is 1. The second kappa shape index (κ2) is 10.8. The molecular weight excluding hydrogens is 450 g/mol. The molecule has 0 atom stereocenters. The van der Waals surface area contributed by atoms with Crippen LogP contribution in [-0.4, -0.2) is 29.6 Å². The van der Waals surface area contributed by atoms with Crippen LogP contribution in [0.15, 0.2) is 66.3 Å². The molecule has 1 amide bonds. The molecule has 34 heavy (non-hydrogen) atoms. The van der Waals surface area contributed by atoms with Gasteiger partial charge in [0.2, 0.25) is 0 Å². The van der Waals surface area contributed by atoms with E-state index in [1.54, 1.807) is 37.7 Å². The lowest BCUT2D eigenvalue weighted by molar-refractivity contribution is 0.102. The SMILES string of the molecule is CCOc1cc(C(=O)Nc2nc(-c3cc(C)ccc3OC)cs2)ccc1OCc1cccnc1. The van der Waals surface area contributed by atoms with Crippen molar-refractivity contribution in [1.82, 2.24) is 9.97 Å². The van der Waals surface area contributed by atoms with E-state index in [4.69, 9.17) is 14.2 Å². The van der Waals surface area contributed by atoms with Crippen LogP contribution in [0.3, 0.4) is 0 Å². The predicted octanol–water partition coefficient (Wildman–Crippen LogP) is 5.75. The Hall–Kier alpha value is -3.91. The highest BCUT2D eigenvalue weighted by Crippen LogP contribution is 2.34. The summed E-state index contributed by atoms with van der Waals surface area (Å²) in [6.07, 6.45) is 3.46. The molecule has 4 aromatic rings. The molecular formula is C26H25N3O4S. The number of anilines is 1. The molecule has 0 saturated heterocycles. The number of ether oxygens (including phenoxy) is 3. The van der Waals surface area contributed by atoms with Gasteiger partial charge in [0.15, 0.2) is 16.6 Å². The Balaban J connectivity index is 1.49. The van der Waals surface area contributed by atoms with Gasteiger partial charge in [-0.3, -0.25) is 15.1 Å². The molecule has 1 N–H and O–H groups in total. The lowest BCUT2D eigenvalue weighted by Gasteiger charge is -2.13. The summed E-state index contributed by atoms with van der Waals surface area (Å²) in [5, 5.41) is 5.27. The molecule has 0 spiro atoms. The molecule has 2 aromatic heterocycles. The number of methoxy groups -OCH3 is 1. The third-order valence-corrected chi connectivity index (χ3v) is 5.74. The smallest absolute Gasteiger partial charge is 0.257 e. The molecule has 2 heterocycles. The Morgan fingerprint density at radius 2 is 1.91 bits per heavy atom. The maximum atomic E-state index is 12.9. The van der Waals surface area contributed by atoms with Gasteiger partial charge >= 0.3 is 0 Å². The molecule has 4 rings (SSSR count). The first kappa shape index (κ1) is 23.3. The summed E-state index contributed by atoms with van der Waals surface area (Å²) in [5.74, 6) is 1.52. The van der Waals surface area contributed by atoms with Gasteiger partial charge in [-0.2, -0.15) is 0 Å². The summed E-state index contributed by atoms with van der Waals surface area (Å²) < 4.78 is 17.1. The molecule has 0 unspecified atom stereocenters. The predicted molar refractivity (Wildman–Crippen MR) is 133 cm³/mol. The van der Waals surface area contributed by atoms with E-state index in [-0.39, 0.29) is 5.91 Å². The van der Waals surface area contributed by atoms with Gasteiger partial charge in [0.25, 0.3) is 5.91 Å². The van der Waals surface area contributed by atoms with E-state index >= 15 is 0 Å². The maximum absolute atomic E-state index is 12.9. The van der Waals surface area contributed by atoms with Gasteiger partial charge < -0.3 is 14.2 Å². The van der Waals surface area contributed by atoms with Crippen molar-refractivity contribution in [2.75, 3.05) is 19.0 Å². The molecule has 8 heteroatoms. The Labute approximate surface area is 202 Å². The maximum Gasteiger partial charge on any atom is 0.257 e. The van der Waals surface area contributed by atoms with Crippen molar-refractivity contribution in [1.29, 1.82) is 0 Å². The molecule has 174 valence electrons. The van der Waals surface area contributed by atoms with Crippen LogP contribution < -0.4 is 19.5 Å². The van der Waals surface area contributed by atoms with Gasteiger partial charge in [-0.05, 0) is 50.2 Å². The third-order valence-electron chi connectivity index (χ3n) is 4.98. The van der Waals surface area contributed by atoms with Crippen molar-refractivity contribution in [2.45, 2.75) is 20.5 Å². The van der Waals surface area contributed by atoms with Crippen molar-refractivity contribution in [3.63, 3.8) is 0 Å². The zero-order valence-corrected chi connectivity index (χ0v) is 20.0. The molecule has 7 nitrogen and oxygen atoms in total. The van der Waals surface area contributed by atoms with Crippen LogP contribution in [0.25, 0.3) is 11.3 Å². The van der Waals surface area contributed by atoms with Crippen molar-refractivity contribution in [3.05, 3.63) is 83.0 Å². The number of pyridine rings is 1. The van der Waals surface area contributed by atoms with Gasteiger partial charge in [-0.1, -0.05) is 17.7 Å². The van der Waals surface area contributed by atoms with E-state index in [0.29, 0.717) is 35.4 Å². The van der Waals surface area contributed by atoms with E-state index in [1.807, 2.05) is 49.6 Å². The van der Waals surface area contributed by atoms with Crippen molar-refractivity contribution < 1.29 is 19.0 Å². The largest absolute Gasteiger partial charge is 0.496 e. The van der Waals surface area contributed by atoms with Crippen molar-refractivity contribution in [3.8, 4) is 28.5 Å². The standard InChI is InChI=1S/C26H25N3O4S/c1-4-32-24-13-19(8-10-23(24)33-15-18-6-5-11-27-14-18)25(30)29-26-28-21(16-34-26)20-12-17(2)7-9-22(20)31-3/h5-14,16H,4,15H2,1-3H3,(H,28,29,30). The lowest BCUT2D eigenvalue weighted by atomic mass is 10.1. The lowest BCUT2D eigenvalue weighted by Crippen LogP contribution is -2.12. The number of nitrogens with one attached hydrogen (secondary N) is 1. The van der Waals surface area contributed by atoms with Gasteiger partial charge in [0.1, 0.15) is 12.4 Å². The first-order valence-electron chi connectivity index (χ1n) is 10.8. The molecule has 0 radical (unpaired) electrons. The number of aryl methyl sites for hydroxylation is 1.